The van der Waals surface area contributed by atoms with E-state index in [0.717, 1.165) is 83.5 Å². The van der Waals surface area contributed by atoms with Crippen LogP contribution in [0.15, 0.2) is 72.9 Å². The summed E-state index contributed by atoms with van der Waals surface area (Å²) in [4.78, 5) is 37.9. The van der Waals surface area contributed by atoms with E-state index in [1.54, 1.807) is 0 Å². The standard InChI is InChI=1S/C54H92O6/c1-4-7-10-13-16-19-22-25-27-30-32-35-38-41-44-47-53(56)59-50-51(49-58-52(55)46-43-40-37-34-31-28-24-21-18-15-12-9-6-3)60-54(57)48-45-42-39-36-33-29-26-23-20-17-14-11-8-5-2/h9,12,18,21,23,25-28,31,37,40,51H,4-8,10-11,13-17,19-20,22,24,29-30,32-36,38-39,41-50H2,1-3H3/b12-9-,21-18-,26-23-,27-25-,31-28-,40-37-. The summed E-state index contributed by atoms with van der Waals surface area (Å²) in [6.07, 6.45) is 60.4. The number of hydrogen-bond donors (Lipinski definition) is 0. The lowest BCUT2D eigenvalue weighted by atomic mass is 10.1. The maximum atomic E-state index is 12.8. The molecule has 0 spiro atoms. The number of unbranched alkanes of at least 4 members (excludes halogenated alkanes) is 21. The number of allylic oxidation sites excluding steroid dienone is 12. The molecule has 0 fully saturated rings. The van der Waals surface area contributed by atoms with Crippen LogP contribution in [0, 0.1) is 0 Å². The second-order valence-electron chi connectivity index (χ2n) is 16.3. The molecule has 6 heteroatoms. The zero-order valence-corrected chi connectivity index (χ0v) is 39.2. The lowest BCUT2D eigenvalue weighted by Gasteiger charge is -2.18. The summed E-state index contributed by atoms with van der Waals surface area (Å²) >= 11 is 0. The van der Waals surface area contributed by atoms with E-state index < -0.39 is 6.10 Å². The summed E-state index contributed by atoms with van der Waals surface area (Å²) in [7, 11) is 0. The van der Waals surface area contributed by atoms with Gasteiger partial charge in [-0.2, -0.15) is 0 Å². The van der Waals surface area contributed by atoms with E-state index in [1.165, 1.54) is 103 Å². The monoisotopic (exact) mass is 837 g/mol. The molecule has 1 atom stereocenters. The van der Waals surface area contributed by atoms with E-state index in [9.17, 15) is 14.4 Å². The number of rotatable bonds is 44. The molecule has 0 saturated heterocycles. The highest BCUT2D eigenvalue weighted by molar-refractivity contribution is 5.71. The van der Waals surface area contributed by atoms with E-state index in [2.05, 4.69) is 81.5 Å². The third-order valence-corrected chi connectivity index (χ3v) is 10.4. The van der Waals surface area contributed by atoms with Gasteiger partial charge in [0, 0.05) is 19.3 Å². The van der Waals surface area contributed by atoms with Crippen LogP contribution in [0.2, 0.25) is 0 Å². The van der Waals surface area contributed by atoms with E-state index in [0.29, 0.717) is 19.3 Å². The van der Waals surface area contributed by atoms with Crippen LogP contribution < -0.4 is 0 Å². The van der Waals surface area contributed by atoms with Crippen molar-refractivity contribution in [2.75, 3.05) is 13.2 Å². The smallest absolute Gasteiger partial charge is 0.306 e. The summed E-state index contributed by atoms with van der Waals surface area (Å²) in [6, 6.07) is 0. The molecule has 0 aromatic heterocycles. The van der Waals surface area contributed by atoms with Crippen LogP contribution in [0.1, 0.15) is 233 Å². The van der Waals surface area contributed by atoms with Crippen molar-refractivity contribution in [3.05, 3.63) is 72.9 Å². The number of ether oxygens (including phenoxy) is 3. The highest BCUT2D eigenvalue weighted by Crippen LogP contribution is 2.13. The third-order valence-electron chi connectivity index (χ3n) is 10.4. The SMILES string of the molecule is CC/C=C\C/C=C\C/C=C\C/C=C\CCC(=O)OCC(COC(=O)CCCCCCC/C=C\CCCCCCCC)OC(=O)CCCCCCC/C=C\CCCCCCC. The Morgan fingerprint density at radius 2 is 0.683 bits per heavy atom. The molecule has 344 valence electrons. The Bertz CT molecular complexity index is 1140. The van der Waals surface area contributed by atoms with Gasteiger partial charge in [0.1, 0.15) is 13.2 Å². The largest absolute Gasteiger partial charge is 0.462 e. The minimum atomic E-state index is -0.810. The summed E-state index contributed by atoms with van der Waals surface area (Å²) in [6.45, 7) is 6.42. The highest BCUT2D eigenvalue weighted by Gasteiger charge is 2.19. The predicted octanol–water partition coefficient (Wildman–Crippen LogP) is 16.3. The molecule has 6 nitrogen and oxygen atoms in total. The van der Waals surface area contributed by atoms with Crippen molar-refractivity contribution < 1.29 is 28.6 Å². The molecule has 0 aliphatic heterocycles. The van der Waals surface area contributed by atoms with Crippen molar-refractivity contribution in [1.82, 2.24) is 0 Å². The first kappa shape index (κ1) is 56.9. The first-order valence-electron chi connectivity index (χ1n) is 24.9. The average Bonchev–Trinajstić information content (AvgIpc) is 3.24. The normalized spacial score (nSPS) is 12.7. The van der Waals surface area contributed by atoms with Gasteiger partial charge >= 0.3 is 17.9 Å². The third kappa shape index (κ3) is 45.9. The molecule has 0 bridgehead atoms. The first-order chi connectivity index (χ1) is 29.5. The van der Waals surface area contributed by atoms with Crippen LogP contribution in [0.3, 0.4) is 0 Å². The van der Waals surface area contributed by atoms with Crippen molar-refractivity contribution in [1.29, 1.82) is 0 Å². The number of hydrogen-bond acceptors (Lipinski definition) is 6. The molecule has 0 aromatic rings. The second-order valence-corrected chi connectivity index (χ2v) is 16.3. The second kappa shape index (κ2) is 48.5. The van der Waals surface area contributed by atoms with Gasteiger partial charge in [-0.15, -0.1) is 0 Å². The molecular formula is C54H92O6. The van der Waals surface area contributed by atoms with Crippen LogP contribution in [-0.4, -0.2) is 37.2 Å². The molecule has 0 saturated carbocycles. The van der Waals surface area contributed by atoms with Crippen LogP contribution in [-0.2, 0) is 28.6 Å². The molecule has 0 aromatic carbocycles. The zero-order valence-electron chi connectivity index (χ0n) is 39.2. The van der Waals surface area contributed by atoms with Crippen LogP contribution >= 0.6 is 0 Å². The minimum Gasteiger partial charge on any atom is -0.462 e. The van der Waals surface area contributed by atoms with Gasteiger partial charge in [0.15, 0.2) is 6.10 Å². The Morgan fingerprint density at radius 3 is 1.12 bits per heavy atom. The van der Waals surface area contributed by atoms with Gasteiger partial charge in [-0.1, -0.05) is 190 Å². The van der Waals surface area contributed by atoms with Crippen molar-refractivity contribution in [2.45, 2.75) is 239 Å². The van der Waals surface area contributed by atoms with Gasteiger partial charge in [-0.05, 0) is 96.3 Å². The summed E-state index contributed by atoms with van der Waals surface area (Å²) < 4.78 is 16.7. The van der Waals surface area contributed by atoms with Gasteiger partial charge < -0.3 is 14.2 Å². The van der Waals surface area contributed by atoms with E-state index in [-0.39, 0.29) is 37.5 Å². The minimum absolute atomic E-state index is 0.105. The Labute approximate surface area is 370 Å². The van der Waals surface area contributed by atoms with E-state index >= 15 is 0 Å². The predicted molar refractivity (Wildman–Crippen MR) is 256 cm³/mol. The lowest BCUT2D eigenvalue weighted by Crippen LogP contribution is -2.30. The molecule has 0 N–H and O–H groups in total. The molecule has 1 unspecified atom stereocenters. The highest BCUT2D eigenvalue weighted by atomic mass is 16.6. The van der Waals surface area contributed by atoms with E-state index in [1.807, 2.05) is 12.2 Å². The molecule has 0 rings (SSSR count). The maximum Gasteiger partial charge on any atom is 0.306 e. The number of esters is 3. The van der Waals surface area contributed by atoms with Crippen molar-refractivity contribution in [3.63, 3.8) is 0 Å². The molecule has 0 aliphatic rings. The molecule has 0 radical (unpaired) electrons. The Balaban J connectivity index is 4.49. The van der Waals surface area contributed by atoms with E-state index in [4.69, 9.17) is 14.2 Å². The van der Waals surface area contributed by atoms with Crippen molar-refractivity contribution >= 4 is 17.9 Å². The van der Waals surface area contributed by atoms with Gasteiger partial charge in [0.25, 0.3) is 0 Å². The maximum absolute atomic E-state index is 12.8. The summed E-state index contributed by atoms with van der Waals surface area (Å²) in [5, 5.41) is 0. The summed E-state index contributed by atoms with van der Waals surface area (Å²) in [5.74, 6) is -1.01. The Hall–Kier alpha value is -3.15. The fourth-order valence-corrected chi connectivity index (χ4v) is 6.68. The average molecular weight is 837 g/mol. The first-order valence-corrected chi connectivity index (χ1v) is 24.9. The number of carbonyl (C=O) groups excluding carboxylic acids is 3. The Kier molecular flexibility index (Phi) is 46.0. The topological polar surface area (TPSA) is 78.9 Å². The van der Waals surface area contributed by atoms with Gasteiger partial charge in [0.05, 0.1) is 0 Å². The molecule has 60 heavy (non-hydrogen) atoms. The number of carbonyl (C=O) groups is 3. The lowest BCUT2D eigenvalue weighted by molar-refractivity contribution is -0.166. The fourth-order valence-electron chi connectivity index (χ4n) is 6.68. The van der Waals surface area contributed by atoms with Gasteiger partial charge in [-0.3, -0.25) is 14.4 Å². The summed E-state index contributed by atoms with van der Waals surface area (Å²) in [5.41, 5.74) is 0. The van der Waals surface area contributed by atoms with Gasteiger partial charge in [-0.25, -0.2) is 0 Å². The molecule has 0 heterocycles. The fraction of sp³-hybridized carbons (Fsp3) is 0.722. The molecule has 0 amide bonds. The van der Waals surface area contributed by atoms with Gasteiger partial charge in [0.2, 0.25) is 0 Å². The van der Waals surface area contributed by atoms with Crippen LogP contribution in [0.4, 0.5) is 0 Å². The molecular weight excluding hydrogens is 745 g/mol. The zero-order chi connectivity index (χ0) is 43.7. The Morgan fingerprint density at radius 1 is 0.350 bits per heavy atom. The van der Waals surface area contributed by atoms with Crippen molar-refractivity contribution in [2.24, 2.45) is 0 Å². The van der Waals surface area contributed by atoms with Crippen molar-refractivity contribution in [3.8, 4) is 0 Å². The molecule has 0 aliphatic carbocycles. The van der Waals surface area contributed by atoms with Crippen LogP contribution in [0.5, 0.6) is 0 Å². The van der Waals surface area contributed by atoms with Crippen LogP contribution in [0.25, 0.3) is 0 Å². The quantitative estimate of drug-likeness (QED) is 0.0263.